The van der Waals surface area contributed by atoms with E-state index in [0.717, 1.165) is 17.7 Å². The van der Waals surface area contributed by atoms with Gasteiger partial charge >= 0.3 is 11.8 Å². The van der Waals surface area contributed by atoms with Crippen LogP contribution in [-0.2, 0) is 4.79 Å². The van der Waals surface area contributed by atoms with E-state index in [4.69, 9.17) is 5.11 Å². The van der Waals surface area contributed by atoms with Crippen molar-refractivity contribution in [1.82, 2.24) is 9.88 Å². The van der Waals surface area contributed by atoms with Gasteiger partial charge < -0.3 is 10.0 Å². The van der Waals surface area contributed by atoms with Crippen molar-refractivity contribution in [1.29, 1.82) is 0 Å². The molecule has 10 heteroatoms. The van der Waals surface area contributed by atoms with Gasteiger partial charge in [0.25, 0.3) is 0 Å². The van der Waals surface area contributed by atoms with Gasteiger partial charge in [0.2, 0.25) is 11.7 Å². The minimum atomic E-state index is -1.14. The molecule has 26 heavy (non-hydrogen) atoms. The van der Waals surface area contributed by atoms with Crippen LogP contribution >= 0.6 is 0 Å². The number of hydrogen-bond donors (Lipinski definition) is 1. The van der Waals surface area contributed by atoms with Gasteiger partial charge in [-0.05, 0) is 24.8 Å². The van der Waals surface area contributed by atoms with Crippen LogP contribution in [0.15, 0.2) is 12.1 Å². The third-order valence-corrected chi connectivity index (χ3v) is 4.89. The van der Waals surface area contributed by atoms with Crippen LogP contribution in [0.5, 0.6) is 0 Å². The van der Waals surface area contributed by atoms with Crippen LogP contribution in [0, 0.1) is 16.0 Å². The highest BCUT2D eigenvalue weighted by molar-refractivity contribution is 5.96. The van der Waals surface area contributed by atoms with Crippen LogP contribution in [0.2, 0.25) is 0 Å². The molecular formula is C16H21N5O5. The molecule has 0 unspecified atom stereocenters. The molecule has 1 aromatic rings. The molecule has 3 rings (SSSR count). The third-order valence-electron chi connectivity index (χ3n) is 4.89. The molecule has 0 aliphatic carbocycles. The summed E-state index contributed by atoms with van der Waals surface area (Å²) in [5, 5.41) is 20.4. The predicted molar refractivity (Wildman–Crippen MR) is 93.5 cm³/mol. The van der Waals surface area contributed by atoms with Crippen molar-refractivity contribution in [3.8, 4) is 0 Å². The number of carbonyl (C=O) groups is 2. The highest BCUT2D eigenvalue weighted by Crippen LogP contribution is 2.32. The van der Waals surface area contributed by atoms with Gasteiger partial charge in [0, 0.05) is 32.2 Å². The summed E-state index contributed by atoms with van der Waals surface area (Å²) in [5.41, 5.74) is -0.0834. The van der Waals surface area contributed by atoms with E-state index in [-0.39, 0.29) is 31.1 Å². The molecule has 3 heterocycles. The molecule has 2 aliphatic heterocycles. The van der Waals surface area contributed by atoms with Crippen molar-refractivity contribution < 1.29 is 19.6 Å². The first-order valence-electron chi connectivity index (χ1n) is 8.55. The van der Waals surface area contributed by atoms with Gasteiger partial charge in [0.05, 0.1) is 4.92 Å². The summed E-state index contributed by atoms with van der Waals surface area (Å²) in [5.74, 6) is 0.768. The number of pyridine rings is 1. The zero-order chi connectivity index (χ0) is 18.8. The quantitative estimate of drug-likeness (QED) is 0.639. The number of piperazine rings is 1. The SMILES string of the molecule is CC1CCN(c2nc(N3CCN(C(=O)O)CC3=O)ccc2[N+](=O)[O-])CC1. The average molecular weight is 363 g/mol. The zero-order valence-electron chi connectivity index (χ0n) is 14.5. The molecule has 2 amide bonds. The third kappa shape index (κ3) is 3.53. The number of amides is 2. The molecule has 2 fully saturated rings. The van der Waals surface area contributed by atoms with Gasteiger partial charge in [-0.25, -0.2) is 9.78 Å². The number of carboxylic acid groups (broad SMARTS) is 1. The minimum absolute atomic E-state index is 0.0834. The summed E-state index contributed by atoms with van der Waals surface area (Å²) in [6, 6.07) is 2.81. The number of carbonyl (C=O) groups excluding carboxylic acids is 1. The van der Waals surface area contributed by atoms with E-state index in [1.807, 2.05) is 4.90 Å². The number of anilines is 2. The Balaban J connectivity index is 1.87. The van der Waals surface area contributed by atoms with Gasteiger partial charge in [0.15, 0.2) is 0 Å². The van der Waals surface area contributed by atoms with E-state index in [0.29, 0.717) is 24.8 Å². The number of hydrogen-bond acceptors (Lipinski definition) is 6. The maximum Gasteiger partial charge on any atom is 0.407 e. The van der Waals surface area contributed by atoms with Crippen molar-refractivity contribution in [3.63, 3.8) is 0 Å². The molecule has 0 radical (unpaired) electrons. The smallest absolute Gasteiger partial charge is 0.407 e. The lowest BCUT2D eigenvalue weighted by Gasteiger charge is -2.34. The summed E-state index contributed by atoms with van der Waals surface area (Å²) in [6.07, 6.45) is 0.719. The van der Waals surface area contributed by atoms with Gasteiger partial charge in [-0.3, -0.25) is 24.7 Å². The summed E-state index contributed by atoms with van der Waals surface area (Å²) in [6.45, 7) is 3.61. The van der Waals surface area contributed by atoms with Gasteiger partial charge in [0.1, 0.15) is 12.4 Å². The Morgan fingerprint density at radius 1 is 1.27 bits per heavy atom. The number of nitro groups is 1. The highest BCUT2D eigenvalue weighted by Gasteiger charge is 2.31. The summed E-state index contributed by atoms with van der Waals surface area (Å²) >= 11 is 0. The molecule has 0 saturated carbocycles. The topological polar surface area (TPSA) is 120 Å². The molecule has 1 N–H and O–H groups in total. The van der Waals surface area contributed by atoms with Crippen molar-refractivity contribution in [3.05, 3.63) is 22.2 Å². The van der Waals surface area contributed by atoms with E-state index in [1.54, 1.807) is 0 Å². The van der Waals surface area contributed by atoms with Crippen LogP contribution in [0.1, 0.15) is 19.8 Å². The monoisotopic (exact) mass is 363 g/mol. The molecule has 0 bridgehead atoms. The number of nitrogens with zero attached hydrogens (tertiary/aromatic N) is 5. The maximum atomic E-state index is 12.3. The predicted octanol–water partition coefficient (Wildman–Crippen LogP) is 1.55. The molecule has 0 spiro atoms. The highest BCUT2D eigenvalue weighted by atomic mass is 16.6. The van der Waals surface area contributed by atoms with E-state index in [1.165, 1.54) is 17.0 Å². The van der Waals surface area contributed by atoms with E-state index in [9.17, 15) is 19.7 Å². The van der Waals surface area contributed by atoms with Crippen LogP contribution in [-0.4, -0.2) is 64.6 Å². The average Bonchev–Trinajstić information content (AvgIpc) is 2.61. The van der Waals surface area contributed by atoms with Crippen molar-refractivity contribution in [2.24, 2.45) is 5.92 Å². The lowest BCUT2D eigenvalue weighted by molar-refractivity contribution is -0.384. The molecule has 0 atom stereocenters. The lowest BCUT2D eigenvalue weighted by atomic mass is 9.99. The minimum Gasteiger partial charge on any atom is -0.465 e. The van der Waals surface area contributed by atoms with Gasteiger partial charge in [-0.2, -0.15) is 0 Å². The maximum absolute atomic E-state index is 12.3. The van der Waals surface area contributed by atoms with Crippen molar-refractivity contribution >= 4 is 29.3 Å². The van der Waals surface area contributed by atoms with E-state index >= 15 is 0 Å². The molecule has 2 saturated heterocycles. The standard InChI is InChI=1S/C16H21N5O5/c1-11-4-6-18(7-5-11)15-12(21(25)26)2-3-13(17-15)20-9-8-19(16(23)24)10-14(20)22/h2-3,11H,4-10H2,1H3,(H,23,24). The number of piperidine rings is 1. The Morgan fingerprint density at radius 3 is 2.54 bits per heavy atom. The number of rotatable bonds is 3. The Bertz CT molecular complexity index is 732. The number of aromatic nitrogens is 1. The van der Waals surface area contributed by atoms with Crippen molar-refractivity contribution in [2.45, 2.75) is 19.8 Å². The van der Waals surface area contributed by atoms with Gasteiger partial charge in [-0.15, -0.1) is 0 Å². The van der Waals surface area contributed by atoms with Crippen LogP contribution in [0.3, 0.4) is 0 Å². The Hall–Kier alpha value is -2.91. The fraction of sp³-hybridized carbons (Fsp3) is 0.562. The first kappa shape index (κ1) is 17.9. The van der Waals surface area contributed by atoms with Crippen LogP contribution in [0.25, 0.3) is 0 Å². The lowest BCUT2D eigenvalue weighted by Crippen LogP contribution is -2.52. The first-order chi connectivity index (χ1) is 12.4. The first-order valence-corrected chi connectivity index (χ1v) is 8.55. The molecule has 0 aromatic carbocycles. The molecular weight excluding hydrogens is 342 g/mol. The van der Waals surface area contributed by atoms with E-state index < -0.39 is 16.9 Å². The molecule has 2 aliphatic rings. The Labute approximate surface area is 150 Å². The molecule has 140 valence electrons. The largest absolute Gasteiger partial charge is 0.465 e. The fourth-order valence-electron chi connectivity index (χ4n) is 3.26. The molecule has 1 aromatic heterocycles. The summed E-state index contributed by atoms with van der Waals surface area (Å²) < 4.78 is 0. The van der Waals surface area contributed by atoms with Gasteiger partial charge in [-0.1, -0.05) is 6.92 Å². The fourth-order valence-corrected chi connectivity index (χ4v) is 3.26. The molecule has 10 nitrogen and oxygen atoms in total. The second kappa shape index (κ2) is 7.14. The van der Waals surface area contributed by atoms with Crippen LogP contribution < -0.4 is 9.80 Å². The summed E-state index contributed by atoms with van der Waals surface area (Å²) in [7, 11) is 0. The van der Waals surface area contributed by atoms with Crippen LogP contribution in [0.4, 0.5) is 22.1 Å². The van der Waals surface area contributed by atoms with E-state index in [2.05, 4.69) is 11.9 Å². The zero-order valence-corrected chi connectivity index (χ0v) is 14.5. The second-order valence-electron chi connectivity index (χ2n) is 6.69. The second-order valence-corrected chi connectivity index (χ2v) is 6.69. The van der Waals surface area contributed by atoms with Crippen molar-refractivity contribution in [2.75, 3.05) is 42.5 Å². The Kier molecular flexibility index (Phi) is 4.92. The normalized spacial score (nSPS) is 19.0. The Morgan fingerprint density at radius 2 is 1.96 bits per heavy atom. The summed E-state index contributed by atoms with van der Waals surface area (Å²) in [4.78, 5) is 42.9.